The van der Waals surface area contributed by atoms with E-state index in [0.29, 0.717) is 41.8 Å². The summed E-state index contributed by atoms with van der Waals surface area (Å²) >= 11 is 5.99. The first kappa shape index (κ1) is 22.6. The quantitative estimate of drug-likeness (QED) is 0.602. The van der Waals surface area contributed by atoms with Crippen LogP contribution in [0.4, 0.5) is 20.4 Å². The molecule has 4 rings (SSSR count). The molecule has 0 saturated carbocycles. The molecule has 1 aliphatic heterocycles. The molecule has 0 bridgehead atoms. The first-order valence-electron chi connectivity index (χ1n) is 10.1. The summed E-state index contributed by atoms with van der Waals surface area (Å²) in [5, 5.41) is 12.6. The van der Waals surface area contributed by atoms with Crippen molar-refractivity contribution in [2.24, 2.45) is 5.73 Å². The molecule has 0 spiro atoms. The molecule has 2 aromatic heterocycles. The van der Waals surface area contributed by atoms with Gasteiger partial charge in [0.05, 0.1) is 17.1 Å². The predicted octanol–water partition coefficient (Wildman–Crippen LogP) is 3.53. The fourth-order valence-electron chi connectivity index (χ4n) is 3.97. The average molecular weight is 472 g/mol. The lowest BCUT2D eigenvalue weighted by atomic mass is 9.99. The molecule has 170 valence electrons. The van der Waals surface area contributed by atoms with Crippen molar-refractivity contribution in [3.05, 3.63) is 58.5 Å². The monoisotopic (exact) mass is 471 g/mol. The van der Waals surface area contributed by atoms with Crippen LogP contribution < -0.4 is 11.1 Å². The number of halogens is 3. The largest absolute Gasteiger partial charge is 0.327 e. The van der Waals surface area contributed by atoms with Crippen molar-refractivity contribution in [2.75, 3.05) is 18.4 Å². The van der Waals surface area contributed by atoms with Crippen LogP contribution in [0.5, 0.6) is 0 Å². The normalized spacial score (nSPS) is 14.5. The van der Waals surface area contributed by atoms with Crippen LogP contribution in [0.15, 0.2) is 30.3 Å². The summed E-state index contributed by atoms with van der Waals surface area (Å²) in [5.74, 6) is -0.901. The second-order valence-electron chi connectivity index (χ2n) is 7.99. The number of amides is 1. The highest BCUT2D eigenvalue weighted by Gasteiger charge is 2.41. The Bertz CT molecular complexity index is 1300. The Labute approximate surface area is 193 Å². The molecule has 3 N–H and O–H groups in total. The molecule has 0 atom stereocenters. The minimum atomic E-state index is -1.01. The smallest absolute Gasteiger partial charge is 0.237 e. The second-order valence-corrected chi connectivity index (χ2v) is 8.39. The van der Waals surface area contributed by atoms with E-state index in [2.05, 4.69) is 10.3 Å². The Balaban J connectivity index is 1.89. The van der Waals surface area contributed by atoms with Crippen LogP contribution in [-0.2, 0) is 16.9 Å². The van der Waals surface area contributed by atoms with Crippen molar-refractivity contribution in [1.82, 2.24) is 19.4 Å². The van der Waals surface area contributed by atoms with Gasteiger partial charge in [0, 0.05) is 18.7 Å². The van der Waals surface area contributed by atoms with E-state index >= 15 is 0 Å². The van der Waals surface area contributed by atoms with Gasteiger partial charge in [-0.2, -0.15) is 5.26 Å². The SMILES string of the molecule is CC1(C)c2nc(-c3ccc(F)c(F)c3)c(Nc3ccc(Cl)c(C#N)n3)n2CCN1C(=O)CN. The van der Waals surface area contributed by atoms with Crippen LogP contribution in [-0.4, -0.2) is 38.4 Å². The molecule has 1 aromatic carbocycles. The van der Waals surface area contributed by atoms with Gasteiger partial charge in [0.1, 0.15) is 29.2 Å². The van der Waals surface area contributed by atoms with E-state index in [9.17, 15) is 18.8 Å². The molecule has 0 radical (unpaired) electrons. The summed E-state index contributed by atoms with van der Waals surface area (Å²) in [4.78, 5) is 23.0. The van der Waals surface area contributed by atoms with Crippen LogP contribution in [0, 0.1) is 23.0 Å². The zero-order valence-electron chi connectivity index (χ0n) is 17.9. The topological polar surface area (TPSA) is 113 Å². The standard InChI is InChI=1S/C22H20ClF2N7O/c1-22(2)21-30-19(12-3-5-14(24)15(25)9-12)20(31(21)7-8-32(22)18(33)11-27)29-17-6-4-13(23)16(10-26)28-17/h3-6,9H,7-8,11,27H2,1-2H3,(H,28,29). The molecular weight excluding hydrogens is 452 g/mol. The maximum atomic E-state index is 14.1. The lowest BCUT2D eigenvalue weighted by Gasteiger charge is -2.42. The Morgan fingerprint density at radius 3 is 2.67 bits per heavy atom. The number of nitrogens with two attached hydrogens (primary N) is 1. The molecule has 11 heteroatoms. The first-order chi connectivity index (χ1) is 15.7. The number of aromatic nitrogens is 3. The van der Waals surface area contributed by atoms with E-state index in [-0.39, 0.29) is 23.2 Å². The lowest BCUT2D eigenvalue weighted by molar-refractivity contribution is -0.137. The third-order valence-electron chi connectivity index (χ3n) is 5.60. The van der Waals surface area contributed by atoms with E-state index in [0.717, 1.165) is 12.1 Å². The van der Waals surface area contributed by atoms with E-state index in [4.69, 9.17) is 22.3 Å². The van der Waals surface area contributed by atoms with Crippen molar-refractivity contribution in [3.63, 3.8) is 0 Å². The van der Waals surface area contributed by atoms with Gasteiger partial charge >= 0.3 is 0 Å². The van der Waals surface area contributed by atoms with Crippen LogP contribution in [0.2, 0.25) is 5.02 Å². The molecule has 0 aliphatic carbocycles. The number of rotatable bonds is 4. The van der Waals surface area contributed by atoms with E-state index in [1.165, 1.54) is 12.1 Å². The highest BCUT2D eigenvalue weighted by molar-refractivity contribution is 6.31. The summed E-state index contributed by atoms with van der Waals surface area (Å²) in [6, 6.07) is 8.55. The zero-order valence-corrected chi connectivity index (χ0v) is 18.6. The number of anilines is 2. The molecule has 1 aliphatic rings. The van der Waals surface area contributed by atoms with Gasteiger partial charge in [0.2, 0.25) is 5.91 Å². The van der Waals surface area contributed by atoms with Crippen LogP contribution in [0.3, 0.4) is 0 Å². The van der Waals surface area contributed by atoms with E-state index in [1.54, 1.807) is 11.0 Å². The Kier molecular flexibility index (Phi) is 5.78. The number of nitrogens with zero attached hydrogens (tertiary/aromatic N) is 5. The number of imidazole rings is 1. The number of hydrogen-bond acceptors (Lipinski definition) is 6. The number of pyridine rings is 1. The van der Waals surface area contributed by atoms with Gasteiger partial charge in [0.25, 0.3) is 0 Å². The molecule has 8 nitrogen and oxygen atoms in total. The highest BCUT2D eigenvalue weighted by atomic mass is 35.5. The molecule has 0 unspecified atom stereocenters. The lowest BCUT2D eigenvalue weighted by Crippen LogP contribution is -2.53. The molecule has 0 fully saturated rings. The minimum absolute atomic E-state index is 0.0365. The number of nitrogens with one attached hydrogen (secondary N) is 1. The van der Waals surface area contributed by atoms with Crippen LogP contribution in [0.1, 0.15) is 25.4 Å². The number of benzene rings is 1. The number of nitriles is 1. The van der Waals surface area contributed by atoms with Gasteiger partial charge in [0.15, 0.2) is 17.3 Å². The maximum Gasteiger partial charge on any atom is 0.237 e. The van der Waals surface area contributed by atoms with Gasteiger partial charge in [-0.1, -0.05) is 11.6 Å². The number of carbonyl (C=O) groups excluding carboxylic acids is 1. The van der Waals surface area contributed by atoms with Gasteiger partial charge in [-0.15, -0.1) is 0 Å². The third-order valence-corrected chi connectivity index (χ3v) is 5.91. The van der Waals surface area contributed by atoms with Crippen LogP contribution >= 0.6 is 11.6 Å². The van der Waals surface area contributed by atoms with Crippen LogP contribution in [0.25, 0.3) is 11.3 Å². The summed E-state index contributed by atoms with van der Waals surface area (Å²) in [5.41, 5.74) is 5.48. The summed E-state index contributed by atoms with van der Waals surface area (Å²) in [6.07, 6.45) is 0. The zero-order chi connectivity index (χ0) is 23.9. The predicted molar refractivity (Wildman–Crippen MR) is 119 cm³/mol. The molecule has 33 heavy (non-hydrogen) atoms. The second kappa shape index (κ2) is 8.42. The fraction of sp³-hybridized carbons (Fsp3) is 0.273. The van der Waals surface area contributed by atoms with Gasteiger partial charge in [-0.05, 0) is 44.2 Å². The summed E-state index contributed by atoms with van der Waals surface area (Å²) < 4.78 is 29.5. The van der Waals surface area contributed by atoms with Crippen molar-refractivity contribution < 1.29 is 13.6 Å². The van der Waals surface area contributed by atoms with Crippen molar-refractivity contribution >= 4 is 29.1 Å². The third kappa shape index (κ3) is 3.90. The first-order valence-corrected chi connectivity index (χ1v) is 10.5. The van der Waals surface area contributed by atoms with E-state index in [1.807, 2.05) is 24.5 Å². The Morgan fingerprint density at radius 1 is 1.24 bits per heavy atom. The minimum Gasteiger partial charge on any atom is -0.327 e. The summed E-state index contributed by atoms with van der Waals surface area (Å²) in [7, 11) is 0. The van der Waals surface area contributed by atoms with Gasteiger partial charge in [-0.25, -0.2) is 18.7 Å². The molecule has 3 aromatic rings. The molecular formula is C22H20ClF2N7O. The van der Waals surface area contributed by atoms with E-state index < -0.39 is 17.2 Å². The average Bonchev–Trinajstić information content (AvgIpc) is 3.16. The fourth-order valence-corrected chi connectivity index (χ4v) is 4.11. The molecule has 1 amide bonds. The molecule has 0 saturated heterocycles. The van der Waals surface area contributed by atoms with Gasteiger partial charge < -0.3 is 20.5 Å². The van der Waals surface area contributed by atoms with Crippen molar-refractivity contribution in [2.45, 2.75) is 25.9 Å². The highest BCUT2D eigenvalue weighted by Crippen LogP contribution is 2.39. The van der Waals surface area contributed by atoms with Crippen molar-refractivity contribution in [3.8, 4) is 17.3 Å². The van der Waals surface area contributed by atoms with Crippen molar-refractivity contribution in [1.29, 1.82) is 5.26 Å². The Morgan fingerprint density at radius 2 is 2.00 bits per heavy atom. The summed E-state index contributed by atoms with van der Waals surface area (Å²) in [6.45, 7) is 4.28. The Hall–Kier alpha value is -3.55. The number of carbonyl (C=O) groups is 1. The molecule has 3 heterocycles. The number of hydrogen-bond donors (Lipinski definition) is 2. The van der Waals surface area contributed by atoms with Gasteiger partial charge in [-0.3, -0.25) is 4.79 Å². The maximum absolute atomic E-state index is 14.1. The number of fused-ring (bicyclic) bond motifs is 1.